The first-order valence-electron chi connectivity index (χ1n) is 19.5. The number of alkyl carbamates (subject to hydrolysis) is 2. The fourth-order valence-corrected chi connectivity index (χ4v) is 7.79. The van der Waals surface area contributed by atoms with Crippen LogP contribution in [-0.2, 0) is 23.8 Å². The zero-order chi connectivity index (χ0) is 39.1. The second kappa shape index (κ2) is 17.4. The number of ether oxygens (including phenoxy) is 3. The summed E-state index contributed by atoms with van der Waals surface area (Å²) in [5.41, 5.74) is 4.79. The summed E-state index contributed by atoms with van der Waals surface area (Å²) in [5, 5.41) is 8.53. The summed E-state index contributed by atoms with van der Waals surface area (Å²) >= 11 is 0. The minimum atomic E-state index is -0.904. The Balaban J connectivity index is 0.999. The van der Waals surface area contributed by atoms with Crippen LogP contribution in [0.15, 0.2) is 60.9 Å². The van der Waals surface area contributed by atoms with Crippen molar-refractivity contribution in [2.75, 3.05) is 34.0 Å². The maximum atomic E-state index is 13.7. The fourth-order valence-electron chi connectivity index (χ4n) is 7.79. The van der Waals surface area contributed by atoms with Crippen molar-refractivity contribution in [3.63, 3.8) is 0 Å². The number of rotatable bonds is 8. The van der Waals surface area contributed by atoms with Gasteiger partial charge in [-0.2, -0.15) is 0 Å². The third-order valence-corrected chi connectivity index (χ3v) is 11.2. The van der Waals surface area contributed by atoms with E-state index < -0.39 is 29.8 Å². The lowest BCUT2D eigenvalue weighted by atomic mass is 9.75. The molecule has 1 saturated carbocycles. The van der Waals surface area contributed by atoms with Crippen LogP contribution in [-0.4, -0.2) is 94.4 Å². The average molecular weight is 767 g/mol. The van der Waals surface area contributed by atoms with E-state index in [0.717, 1.165) is 78.0 Å². The van der Waals surface area contributed by atoms with Crippen molar-refractivity contribution in [3.8, 4) is 33.6 Å². The lowest BCUT2D eigenvalue weighted by Gasteiger charge is -2.43. The van der Waals surface area contributed by atoms with E-state index in [1.807, 2.05) is 23.2 Å². The summed E-state index contributed by atoms with van der Waals surface area (Å²) in [6, 6.07) is 15.1. The van der Waals surface area contributed by atoms with Gasteiger partial charge in [0, 0.05) is 19.8 Å². The van der Waals surface area contributed by atoms with Crippen LogP contribution in [0, 0.1) is 0 Å². The Hall–Kier alpha value is -5.70. The van der Waals surface area contributed by atoms with Gasteiger partial charge in [0.25, 0.3) is 0 Å². The van der Waals surface area contributed by atoms with Crippen molar-refractivity contribution in [3.05, 3.63) is 72.6 Å². The van der Waals surface area contributed by atoms with E-state index in [4.69, 9.17) is 14.2 Å². The first-order valence-corrected chi connectivity index (χ1v) is 19.5. The molecule has 4 aromatic rings. The molecule has 15 heteroatoms. The second-order valence-electron chi connectivity index (χ2n) is 14.7. The Kier molecular flexibility index (Phi) is 12.0. The number of methoxy groups -OCH3 is 2. The van der Waals surface area contributed by atoms with Crippen molar-refractivity contribution in [2.45, 2.75) is 87.9 Å². The number of likely N-dealkylation sites (tertiary alicyclic amines) is 1. The molecular weight excluding hydrogens is 716 g/mol. The summed E-state index contributed by atoms with van der Waals surface area (Å²) < 4.78 is 15.4. The minimum Gasteiger partial charge on any atom is -0.453 e. The summed E-state index contributed by atoms with van der Waals surface area (Å²) in [4.78, 5) is 69.0. The number of nitrogens with zero attached hydrogens (tertiary/aromatic N) is 3. The summed E-state index contributed by atoms with van der Waals surface area (Å²) in [5.74, 6) is 0.986. The monoisotopic (exact) mass is 766 g/mol. The van der Waals surface area contributed by atoms with Gasteiger partial charge in [-0.15, -0.1) is 0 Å². The molecule has 2 aliphatic heterocycles. The van der Waals surface area contributed by atoms with Gasteiger partial charge in [-0.05, 0) is 73.6 Å². The lowest BCUT2D eigenvalue weighted by molar-refractivity contribution is -0.143. The molecule has 0 bridgehead atoms. The quantitative estimate of drug-likeness (QED) is 0.144. The van der Waals surface area contributed by atoms with Crippen LogP contribution in [0.1, 0.15) is 87.9 Å². The van der Waals surface area contributed by atoms with Gasteiger partial charge in [0.05, 0.1) is 50.1 Å². The number of hydrogen-bond donors (Lipinski definition) is 5. The smallest absolute Gasteiger partial charge is 0.407 e. The van der Waals surface area contributed by atoms with E-state index in [1.54, 1.807) is 6.20 Å². The molecule has 4 heterocycles. The molecule has 3 aliphatic rings. The topological polar surface area (TPSA) is 193 Å². The molecule has 2 aromatic heterocycles. The van der Waals surface area contributed by atoms with E-state index in [1.165, 1.54) is 14.2 Å². The summed E-state index contributed by atoms with van der Waals surface area (Å²) in [7, 11) is 2.59. The Morgan fingerprint density at radius 3 is 2.00 bits per heavy atom. The van der Waals surface area contributed by atoms with Crippen LogP contribution >= 0.6 is 0 Å². The largest absolute Gasteiger partial charge is 0.453 e. The minimum absolute atomic E-state index is 0.0718. The van der Waals surface area contributed by atoms with Gasteiger partial charge < -0.3 is 45.0 Å². The number of aromatic nitrogens is 4. The van der Waals surface area contributed by atoms with Crippen molar-refractivity contribution in [1.82, 2.24) is 40.8 Å². The molecule has 15 nitrogen and oxygen atoms in total. The predicted octanol–water partition coefficient (Wildman–Crippen LogP) is 5.94. The molecule has 2 saturated heterocycles. The first-order chi connectivity index (χ1) is 27.3. The van der Waals surface area contributed by atoms with Gasteiger partial charge in [-0.25, -0.2) is 19.6 Å². The third kappa shape index (κ3) is 8.57. The fraction of sp³-hybridized carbons (Fsp3) is 0.463. The molecule has 2 aromatic carbocycles. The molecule has 0 radical (unpaired) electrons. The highest BCUT2D eigenvalue weighted by Crippen LogP contribution is 2.40. The molecule has 1 aliphatic carbocycles. The number of benzene rings is 2. The third-order valence-electron chi connectivity index (χ3n) is 11.2. The zero-order valence-electron chi connectivity index (χ0n) is 31.9. The van der Waals surface area contributed by atoms with E-state index in [9.17, 15) is 19.2 Å². The molecule has 3 fully saturated rings. The van der Waals surface area contributed by atoms with Crippen LogP contribution in [0.3, 0.4) is 0 Å². The lowest BCUT2D eigenvalue weighted by Crippen LogP contribution is -2.63. The van der Waals surface area contributed by atoms with Gasteiger partial charge in [0.15, 0.2) is 0 Å². The Bertz CT molecular complexity index is 1990. The number of amides is 4. The van der Waals surface area contributed by atoms with Crippen LogP contribution < -0.4 is 16.0 Å². The number of carbonyl (C=O) groups is 4. The highest BCUT2D eigenvalue weighted by molar-refractivity contribution is 5.91. The number of imidazole rings is 2. The Labute approximate surface area is 325 Å². The standard InChI is InChI=1S/C41H50N8O7/c1-54-39(52)47-31-8-4-3-5-22-56-23-18-30(46-37(31)50)35-42-24-32(44-35)28-14-10-26(11-15-28)27-12-16-29(17-13-27)33-25-43-36(45-33)34-9-6-21-49(34)38(51)41(19-7-20-41)48-40(53)55-2/h10-17,24-25,30-31,34H,3-9,18-23H2,1-2H3,(H,42,44)(H,43,45)(H,46,50)(H,47,52)(H,48,53)/t30-,31-,34-/m0/s1. The predicted molar refractivity (Wildman–Crippen MR) is 207 cm³/mol. The van der Waals surface area contributed by atoms with Gasteiger partial charge in [-0.1, -0.05) is 61.4 Å². The van der Waals surface area contributed by atoms with Crippen molar-refractivity contribution in [2.24, 2.45) is 0 Å². The molecule has 56 heavy (non-hydrogen) atoms. The van der Waals surface area contributed by atoms with Gasteiger partial charge in [0.1, 0.15) is 23.2 Å². The van der Waals surface area contributed by atoms with Gasteiger partial charge >= 0.3 is 12.2 Å². The van der Waals surface area contributed by atoms with Crippen LogP contribution in [0.4, 0.5) is 9.59 Å². The van der Waals surface area contributed by atoms with Crippen LogP contribution in [0.25, 0.3) is 33.6 Å². The van der Waals surface area contributed by atoms with E-state index in [0.29, 0.717) is 51.3 Å². The summed E-state index contributed by atoms with van der Waals surface area (Å²) in [6.45, 7) is 1.72. The van der Waals surface area contributed by atoms with Crippen molar-refractivity contribution >= 4 is 24.0 Å². The number of H-pyrrole nitrogens is 2. The number of hydrogen-bond acceptors (Lipinski definition) is 9. The molecule has 0 spiro atoms. The van der Waals surface area contributed by atoms with Gasteiger partial charge in [0.2, 0.25) is 11.8 Å². The second-order valence-corrected chi connectivity index (χ2v) is 14.7. The van der Waals surface area contributed by atoms with Gasteiger partial charge in [-0.3, -0.25) is 9.59 Å². The number of carbonyl (C=O) groups excluding carboxylic acids is 4. The van der Waals surface area contributed by atoms with Crippen LogP contribution in [0.2, 0.25) is 0 Å². The zero-order valence-corrected chi connectivity index (χ0v) is 31.9. The summed E-state index contributed by atoms with van der Waals surface area (Å²) in [6.07, 6.45) is 9.67. The SMILES string of the molecule is COC(=O)N[C@H]1CCCCCOCC[C@@H](c2ncc(-c3ccc(-c4ccc(-c5cnc([C@@H]6CCCN6C(=O)C6(NC(=O)OC)CCC6)[nH]5)cc4)cc3)[nH]2)NC1=O. The van der Waals surface area contributed by atoms with E-state index in [2.05, 4.69) is 72.3 Å². The van der Waals surface area contributed by atoms with E-state index >= 15 is 0 Å². The number of nitrogens with one attached hydrogen (secondary N) is 5. The van der Waals surface area contributed by atoms with Crippen LogP contribution in [0.5, 0.6) is 0 Å². The normalized spacial score (nSPS) is 21.4. The molecule has 3 atom stereocenters. The van der Waals surface area contributed by atoms with E-state index in [-0.39, 0.29) is 17.9 Å². The Morgan fingerprint density at radius 2 is 1.38 bits per heavy atom. The molecular formula is C41H50N8O7. The molecule has 4 amide bonds. The first kappa shape index (κ1) is 38.6. The maximum absolute atomic E-state index is 13.7. The molecule has 7 rings (SSSR count). The average Bonchev–Trinajstić information content (AvgIpc) is 4.00. The molecule has 0 unspecified atom stereocenters. The Morgan fingerprint density at radius 1 is 0.750 bits per heavy atom. The molecule has 5 N–H and O–H groups in total. The highest BCUT2D eigenvalue weighted by atomic mass is 16.5. The maximum Gasteiger partial charge on any atom is 0.407 e. The highest BCUT2D eigenvalue weighted by Gasteiger charge is 2.50. The van der Waals surface area contributed by atoms with Crippen molar-refractivity contribution in [1.29, 1.82) is 0 Å². The van der Waals surface area contributed by atoms with Crippen molar-refractivity contribution < 1.29 is 33.4 Å². The molecule has 296 valence electrons. The number of aromatic amines is 2.